The Morgan fingerprint density at radius 2 is 2.04 bits per heavy atom. The molecule has 2 unspecified atom stereocenters. The Morgan fingerprint density at radius 1 is 1.31 bits per heavy atom. The molecule has 2 amide bonds. The number of hydrogen-bond donors (Lipinski definition) is 2. The highest BCUT2D eigenvalue weighted by atomic mass is 19.1. The van der Waals surface area contributed by atoms with E-state index >= 15 is 0 Å². The van der Waals surface area contributed by atoms with Crippen molar-refractivity contribution < 1.29 is 19.1 Å². The molecule has 1 heterocycles. The maximum absolute atomic E-state index is 13.3. The summed E-state index contributed by atoms with van der Waals surface area (Å²) in [6, 6.07) is 6.02. The van der Waals surface area contributed by atoms with E-state index in [-0.39, 0.29) is 18.4 Å². The van der Waals surface area contributed by atoms with Crippen LogP contribution in [0.2, 0.25) is 0 Å². The van der Waals surface area contributed by atoms with Crippen LogP contribution < -0.4 is 5.32 Å². The highest BCUT2D eigenvalue weighted by molar-refractivity contribution is 6.09. The summed E-state index contributed by atoms with van der Waals surface area (Å²) in [6.07, 6.45) is 5.78. The smallest absolute Gasteiger partial charge is 0.264 e. The number of likely N-dealkylation sites (tertiary alicyclic amines) is 1. The van der Waals surface area contributed by atoms with Crippen molar-refractivity contribution in [1.29, 1.82) is 0 Å². The molecule has 1 saturated heterocycles. The summed E-state index contributed by atoms with van der Waals surface area (Å²) < 4.78 is 13.3. The minimum atomic E-state index is -2.05. The highest BCUT2D eigenvalue weighted by Crippen LogP contribution is 2.33. The van der Waals surface area contributed by atoms with Crippen molar-refractivity contribution in [3.63, 3.8) is 0 Å². The van der Waals surface area contributed by atoms with E-state index in [1.54, 1.807) is 24.0 Å². The number of amides is 2. The van der Waals surface area contributed by atoms with Gasteiger partial charge in [0.25, 0.3) is 11.8 Å². The maximum atomic E-state index is 13.3. The molecule has 0 radical (unpaired) electrons. The van der Waals surface area contributed by atoms with Crippen molar-refractivity contribution >= 4 is 11.8 Å². The van der Waals surface area contributed by atoms with Gasteiger partial charge in [-0.25, -0.2) is 4.39 Å². The second kappa shape index (κ2) is 7.74. The van der Waals surface area contributed by atoms with Gasteiger partial charge in [-0.3, -0.25) is 9.59 Å². The molecule has 2 atom stereocenters. The standard InChI is InChI=1S/C20H27FN2O3/c1-14-10-11-23(17-8-3-2-4-9-17)19(25)20(14,26)18(24)22-13-15-6-5-7-16(21)12-15/h5-7,12,14,17,26H,2-4,8-11,13H2,1H3,(H,22,24). The van der Waals surface area contributed by atoms with Crippen molar-refractivity contribution in [2.75, 3.05) is 6.54 Å². The van der Waals surface area contributed by atoms with Crippen LogP contribution in [-0.4, -0.2) is 40.0 Å². The number of aliphatic hydroxyl groups is 1. The summed E-state index contributed by atoms with van der Waals surface area (Å²) in [5, 5.41) is 13.7. The van der Waals surface area contributed by atoms with Crippen LogP contribution in [-0.2, 0) is 16.1 Å². The molecule has 1 saturated carbocycles. The molecule has 6 heteroatoms. The van der Waals surface area contributed by atoms with Gasteiger partial charge in [0.05, 0.1) is 0 Å². The zero-order valence-electron chi connectivity index (χ0n) is 15.2. The average Bonchev–Trinajstić information content (AvgIpc) is 2.65. The van der Waals surface area contributed by atoms with Gasteiger partial charge in [-0.15, -0.1) is 0 Å². The summed E-state index contributed by atoms with van der Waals surface area (Å²) in [7, 11) is 0. The molecule has 2 N–H and O–H groups in total. The summed E-state index contributed by atoms with van der Waals surface area (Å²) in [5.74, 6) is -2.02. The van der Waals surface area contributed by atoms with Gasteiger partial charge in [-0.1, -0.05) is 38.3 Å². The normalized spacial score (nSPS) is 27.4. The second-order valence-corrected chi connectivity index (χ2v) is 7.56. The third-order valence-electron chi connectivity index (χ3n) is 5.81. The first kappa shape index (κ1) is 18.8. The van der Waals surface area contributed by atoms with E-state index in [0.717, 1.165) is 25.7 Å². The fourth-order valence-electron chi connectivity index (χ4n) is 4.10. The van der Waals surface area contributed by atoms with Gasteiger partial charge in [0.15, 0.2) is 0 Å². The number of carbonyl (C=O) groups is 2. The first-order valence-electron chi connectivity index (χ1n) is 9.49. The number of hydrogen-bond acceptors (Lipinski definition) is 3. The van der Waals surface area contributed by atoms with Crippen molar-refractivity contribution in [2.45, 2.75) is 63.6 Å². The van der Waals surface area contributed by atoms with Crippen molar-refractivity contribution in [1.82, 2.24) is 10.2 Å². The van der Waals surface area contributed by atoms with E-state index in [4.69, 9.17) is 0 Å². The summed E-state index contributed by atoms with van der Waals surface area (Å²) in [4.78, 5) is 27.5. The number of halogens is 1. The van der Waals surface area contributed by atoms with Gasteiger partial charge in [-0.05, 0) is 37.0 Å². The van der Waals surface area contributed by atoms with Gasteiger partial charge in [0, 0.05) is 25.0 Å². The van der Waals surface area contributed by atoms with E-state index in [1.165, 1.54) is 18.6 Å². The van der Waals surface area contributed by atoms with Crippen molar-refractivity contribution in [3.8, 4) is 0 Å². The zero-order valence-corrected chi connectivity index (χ0v) is 15.2. The van der Waals surface area contributed by atoms with Crippen molar-refractivity contribution in [3.05, 3.63) is 35.6 Å². The molecule has 1 aliphatic carbocycles. The van der Waals surface area contributed by atoms with Crippen LogP contribution in [0.25, 0.3) is 0 Å². The molecule has 2 aliphatic rings. The summed E-state index contributed by atoms with van der Waals surface area (Å²) in [6.45, 7) is 2.39. The third-order valence-corrected chi connectivity index (χ3v) is 5.81. The monoisotopic (exact) mass is 362 g/mol. The molecule has 0 aromatic heterocycles. The van der Waals surface area contributed by atoms with Gasteiger partial charge >= 0.3 is 0 Å². The Hall–Kier alpha value is -1.95. The van der Waals surface area contributed by atoms with Gasteiger partial charge in [0.2, 0.25) is 5.60 Å². The van der Waals surface area contributed by atoms with Crippen LogP contribution in [0, 0.1) is 11.7 Å². The number of carbonyl (C=O) groups excluding carboxylic acids is 2. The first-order valence-corrected chi connectivity index (χ1v) is 9.49. The van der Waals surface area contributed by atoms with E-state index < -0.39 is 23.3 Å². The molecule has 5 nitrogen and oxygen atoms in total. The molecular weight excluding hydrogens is 335 g/mol. The number of nitrogens with zero attached hydrogens (tertiary/aromatic N) is 1. The average molecular weight is 362 g/mol. The minimum absolute atomic E-state index is 0.0718. The Labute approximate surface area is 153 Å². The topological polar surface area (TPSA) is 69.6 Å². The Bertz CT molecular complexity index is 675. The minimum Gasteiger partial charge on any atom is -0.371 e. The molecule has 1 aliphatic heterocycles. The predicted molar refractivity (Wildman–Crippen MR) is 95.6 cm³/mol. The lowest BCUT2D eigenvalue weighted by atomic mass is 9.79. The molecule has 0 bridgehead atoms. The quantitative estimate of drug-likeness (QED) is 0.808. The molecule has 142 valence electrons. The predicted octanol–water partition coefficient (Wildman–Crippen LogP) is 2.37. The first-order chi connectivity index (χ1) is 12.4. The van der Waals surface area contributed by atoms with Crippen molar-refractivity contribution in [2.24, 2.45) is 5.92 Å². The SMILES string of the molecule is CC1CCN(C2CCCCC2)C(=O)C1(O)C(=O)NCc1cccc(F)c1. The van der Waals surface area contributed by atoms with Gasteiger partial charge in [0.1, 0.15) is 5.82 Å². The fourth-order valence-corrected chi connectivity index (χ4v) is 4.10. The lowest BCUT2D eigenvalue weighted by molar-refractivity contribution is -0.175. The Morgan fingerprint density at radius 3 is 2.73 bits per heavy atom. The number of rotatable bonds is 4. The van der Waals surface area contributed by atoms with Crippen LogP contribution in [0.5, 0.6) is 0 Å². The molecule has 1 aromatic rings. The van der Waals surface area contributed by atoms with Crippen LogP contribution in [0.4, 0.5) is 4.39 Å². The van der Waals surface area contributed by atoms with Gasteiger partial charge in [-0.2, -0.15) is 0 Å². The van der Waals surface area contributed by atoms with E-state index in [2.05, 4.69) is 5.32 Å². The summed E-state index contributed by atoms with van der Waals surface area (Å²) >= 11 is 0. The lowest BCUT2D eigenvalue weighted by Gasteiger charge is -2.45. The third kappa shape index (κ3) is 3.61. The number of benzene rings is 1. The largest absolute Gasteiger partial charge is 0.371 e. The molecule has 3 rings (SSSR count). The number of piperidine rings is 1. The Kier molecular flexibility index (Phi) is 5.61. The van der Waals surface area contributed by atoms with Crippen LogP contribution in [0.1, 0.15) is 51.0 Å². The molecule has 2 fully saturated rings. The van der Waals surface area contributed by atoms with E-state index in [1.807, 2.05) is 0 Å². The lowest BCUT2D eigenvalue weighted by Crippen LogP contribution is -2.66. The molecule has 0 spiro atoms. The van der Waals surface area contributed by atoms with E-state index in [0.29, 0.717) is 18.5 Å². The van der Waals surface area contributed by atoms with E-state index in [9.17, 15) is 19.1 Å². The molecular formula is C20H27FN2O3. The Balaban J connectivity index is 1.71. The van der Waals surface area contributed by atoms with Crippen LogP contribution in [0.3, 0.4) is 0 Å². The molecule has 26 heavy (non-hydrogen) atoms. The molecule has 1 aromatic carbocycles. The van der Waals surface area contributed by atoms with Crippen LogP contribution >= 0.6 is 0 Å². The maximum Gasteiger partial charge on any atom is 0.264 e. The summed E-state index contributed by atoms with van der Waals surface area (Å²) in [5.41, 5.74) is -1.47. The highest BCUT2D eigenvalue weighted by Gasteiger charge is 2.54. The number of nitrogens with one attached hydrogen (secondary N) is 1. The van der Waals surface area contributed by atoms with Gasteiger partial charge < -0.3 is 15.3 Å². The van der Waals surface area contributed by atoms with Crippen LogP contribution in [0.15, 0.2) is 24.3 Å². The second-order valence-electron chi connectivity index (χ2n) is 7.56. The fraction of sp³-hybridized carbons (Fsp3) is 0.600. The zero-order chi connectivity index (χ0) is 18.7.